The molecule has 0 bridgehead atoms. The average Bonchev–Trinajstić information content (AvgIpc) is 2.83. The van der Waals surface area contributed by atoms with E-state index in [1.165, 1.54) is 23.6 Å². The summed E-state index contributed by atoms with van der Waals surface area (Å²) in [5, 5.41) is 7.93. The molecule has 2 rings (SSSR count). The molecule has 2 nitrogen and oxygen atoms in total. The lowest BCUT2D eigenvalue weighted by molar-refractivity contribution is 0.362. The molecule has 1 fully saturated rings. The Morgan fingerprint density at radius 2 is 2.44 bits per heavy atom. The fraction of sp³-hybridized carbons (Fsp3) is 0.750. The van der Waals surface area contributed by atoms with E-state index < -0.39 is 0 Å². The Bertz CT molecular complexity index is 351. The minimum Gasteiger partial charge on any atom is -0.305 e. The zero-order valence-corrected chi connectivity index (χ0v) is 11.9. The average molecular weight is 256 g/mol. The highest BCUT2D eigenvalue weighted by atomic mass is 32.2. The van der Waals surface area contributed by atoms with Crippen LogP contribution in [0.2, 0.25) is 0 Å². The summed E-state index contributed by atoms with van der Waals surface area (Å²) in [6.07, 6.45) is 2.40. The van der Waals surface area contributed by atoms with E-state index in [4.69, 9.17) is 4.98 Å². The standard InChI is InChI=1S/C12H20N2S2/c1-4-5-13-12(6-10(3)16-8-12)11-14-9(2)7-15-11/h7,10,13H,4-6,8H2,1-3H3. The third kappa shape index (κ3) is 2.44. The highest BCUT2D eigenvalue weighted by Gasteiger charge is 2.41. The highest BCUT2D eigenvalue weighted by Crippen LogP contribution is 2.42. The predicted octanol–water partition coefficient (Wildman–Crippen LogP) is 3.17. The molecule has 1 aromatic rings. The minimum atomic E-state index is 0.152. The molecule has 1 N–H and O–H groups in total. The first kappa shape index (κ1) is 12.4. The first-order valence-corrected chi connectivity index (χ1v) is 7.88. The van der Waals surface area contributed by atoms with E-state index in [9.17, 15) is 0 Å². The molecule has 16 heavy (non-hydrogen) atoms. The molecule has 2 atom stereocenters. The normalized spacial score (nSPS) is 29.8. The molecule has 0 spiro atoms. The van der Waals surface area contributed by atoms with Crippen molar-refractivity contribution in [3.05, 3.63) is 16.1 Å². The van der Waals surface area contributed by atoms with Gasteiger partial charge in [0.2, 0.25) is 0 Å². The van der Waals surface area contributed by atoms with Crippen LogP contribution < -0.4 is 5.32 Å². The van der Waals surface area contributed by atoms with Crippen molar-refractivity contribution in [2.24, 2.45) is 0 Å². The smallest absolute Gasteiger partial charge is 0.114 e. The number of nitrogens with zero attached hydrogens (tertiary/aromatic N) is 1. The molecule has 4 heteroatoms. The molecule has 0 aliphatic carbocycles. The largest absolute Gasteiger partial charge is 0.305 e. The summed E-state index contributed by atoms with van der Waals surface area (Å²) in [5.74, 6) is 1.17. The number of thiazole rings is 1. The second kappa shape index (κ2) is 5.07. The van der Waals surface area contributed by atoms with Gasteiger partial charge < -0.3 is 5.32 Å². The van der Waals surface area contributed by atoms with Crippen LogP contribution in [0, 0.1) is 6.92 Å². The summed E-state index contributed by atoms with van der Waals surface area (Å²) in [6, 6.07) is 0. The number of hydrogen-bond acceptors (Lipinski definition) is 4. The van der Waals surface area contributed by atoms with Gasteiger partial charge in [0, 0.05) is 22.1 Å². The van der Waals surface area contributed by atoms with E-state index in [1.807, 2.05) is 11.3 Å². The van der Waals surface area contributed by atoms with E-state index in [-0.39, 0.29) is 5.54 Å². The lowest BCUT2D eigenvalue weighted by atomic mass is 9.97. The molecule has 1 aromatic heterocycles. The zero-order chi connectivity index (χ0) is 11.6. The summed E-state index contributed by atoms with van der Waals surface area (Å²) < 4.78 is 0. The van der Waals surface area contributed by atoms with Crippen LogP contribution in [0.4, 0.5) is 0 Å². The van der Waals surface area contributed by atoms with Gasteiger partial charge in [0.05, 0.1) is 5.54 Å². The second-order valence-electron chi connectivity index (χ2n) is 4.63. The third-order valence-corrected chi connectivity index (χ3v) is 5.55. The van der Waals surface area contributed by atoms with Crippen LogP contribution in [-0.2, 0) is 5.54 Å². The molecular weight excluding hydrogens is 236 g/mol. The predicted molar refractivity (Wildman–Crippen MR) is 73.4 cm³/mol. The van der Waals surface area contributed by atoms with Crippen molar-refractivity contribution >= 4 is 23.1 Å². The molecule has 0 amide bonds. The second-order valence-corrected chi connectivity index (χ2v) is 6.91. The Morgan fingerprint density at radius 1 is 1.62 bits per heavy atom. The van der Waals surface area contributed by atoms with Crippen molar-refractivity contribution in [3.8, 4) is 0 Å². The highest BCUT2D eigenvalue weighted by molar-refractivity contribution is 8.00. The molecule has 1 saturated heterocycles. The molecular formula is C12H20N2S2. The van der Waals surface area contributed by atoms with Crippen molar-refractivity contribution in [2.75, 3.05) is 12.3 Å². The number of aromatic nitrogens is 1. The van der Waals surface area contributed by atoms with Gasteiger partial charge in [-0.2, -0.15) is 11.8 Å². The van der Waals surface area contributed by atoms with Crippen molar-refractivity contribution in [1.29, 1.82) is 0 Å². The van der Waals surface area contributed by atoms with Gasteiger partial charge in [-0.3, -0.25) is 0 Å². The van der Waals surface area contributed by atoms with E-state index in [0.29, 0.717) is 0 Å². The summed E-state index contributed by atoms with van der Waals surface area (Å²) in [7, 11) is 0. The first-order chi connectivity index (χ1) is 7.66. The molecule has 0 aromatic carbocycles. The summed E-state index contributed by atoms with van der Waals surface area (Å²) in [4.78, 5) is 4.69. The van der Waals surface area contributed by atoms with Crippen LogP contribution in [0.5, 0.6) is 0 Å². The SMILES string of the molecule is CCCNC1(c2nc(C)cs2)CSC(C)C1. The molecule has 2 heterocycles. The Balaban J connectivity index is 2.20. The van der Waals surface area contributed by atoms with Gasteiger partial charge in [-0.1, -0.05) is 13.8 Å². The number of rotatable bonds is 4. The lowest BCUT2D eigenvalue weighted by Crippen LogP contribution is -2.43. The van der Waals surface area contributed by atoms with Crippen LogP contribution in [0.3, 0.4) is 0 Å². The maximum absolute atomic E-state index is 4.69. The van der Waals surface area contributed by atoms with Gasteiger partial charge >= 0.3 is 0 Å². The topological polar surface area (TPSA) is 24.9 Å². The fourth-order valence-electron chi connectivity index (χ4n) is 2.18. The van der Waals surface area contributed by atoms with Crippen molar-refractivity contribution in [1.82, 2.24) is 10.3 Å². The van der Waals surface area contributed by atoms with Crippen LogP contribution >= 0.6 is 23.1 Å². The van der Waals surface area contributed by atoms with E-state index in [0.717, 1.165) is 17.5 Å². The van der Waals surface area contributed by atoms with E-state index in [1.54, 1.807) is 0 Å². The van der Waals surface area contributed by atoms with Gasteiger partial charge in [-0.15, -0.1) is 11.3 Å². The molecule has 0 radical (unpaired) electrons. The Hall–Kier alpha value is -0.0600. The Labute approximate surface area is 106 Å². The summed E-state index contributed by atoms with van der Waals surface area (Å²) in [5.41, 5.74) is 1.31. The molecule has 1 aliphatic heterocycles. The van der Waals surface area contributed by atoms with Crippen LogP contribution in [0.15, 0.2) is 5.38 Å². The summed E-state index contributed by atoms with van der Waals surface area (Å²) >= 11 is 3.87. The van der Waals surface area contributed by atoms with Gasteiger partial charge in [0.25, 0.3) is 0 Å². The monoisotopic (exact) mass is 256 g/mol. The van der Waals surface area contributed by atoms with Gasteiger partial charge in [-0.25, -0.2) is 4.98 Å². The maximum atomic E-state index is 4.69. The van der Waals surface area contributed by atoms with E-state index >= 15 is 0 Å². The Kier molecular flexibility index (Phi) is 3.93. The van der Waals surface area contributed by atoms with Crippen molar-refractivity contribution < 1.29 is 0 Å². The number of nitrogens with one attached hydrogen (secondary N) is 1. The Morgan fingerprint density at radius 3 is 2.94 bits per heavy atom. The first-order valence-electron chi connectivity index (χ1n) is 5.95. The fourth-order valence-corrected chi connectivity index (χ4v) is 4.58. The van der Waals surface area contributed by atoms with Gasteiger partial charge in [0.15, 0.2) is 0 Å². The van der Waals surface area contributed by atoms with Crippen LogP contribution in [0.1, 0.15) is 37.4 Å². The van der Waals surface area contributed by atoms with Crippen molar-refractivity contribution in [3.63, 3.8) is 0 Å². The minimum absolute atomic E-state index is 0.152. The number of hydrogen-bond donors (Lipinski definition) is 1. The summed E-state index contributed by atoms with van der Waals surface area (Å²) in [6.45, 7) is 7.71. The van der Waals surface area contributed by atoms with Crippen molar-refractivity contribution in [2.45, 2.75) is 44.4 Å². The van der Waals surface area contributed by atoms with Gasteiger partial charge in [0.1, 0.15) is 5.01 Å². The van der Waals surface area contributed by atoms with Crippen LogP contribution in [0.25, 0.3) is 0 Å². The molecule has 1 aliphatic rings. The maximum Gasteiger partial charge on any atom is 0.114 e. The van der Waals surface area contributed by atoms with E-state index in [2.05, 4.69) is 43.2 Å². The van der Waals surface area contributed by atoms with Gasteiger partial charge in [-0.05, 0) is 26.3 Å². The third-order valence-electron chi connectivity index (χ3n) is 2.99. The molecule has 90 valence electrons. The quantitative estimate of drug-likeness (QED) is 0.895. The molecule has 2 unspecified atom stereocenters. The molecule has 0 saturated carbocycles. The zero-order valence-electron chi connectivity index (χ0n) is 10.2. The number of aryl methyl sites for hydroxylation is 1. The number of thioether (sulfide) groups is 1. The lowest BCUT2D eigenvalue weighted by Gasteiger charge is -2.27. The van der Waals surface area contributed by atoms with Crippen LogP contribution in [-0.4, -0.2) is 22.5 Å².